The normalized spacial score (nSPS) is 21.2. The molecular formula is C17H14O3. The molecule has 2 aliphatic rings. The van der Waals surface area contributed by atoms with Crippen molar-refractivity contribution >= 4 is 5.78 Å². The molecule has 1 aliphatic heterocycles. The first-order valence-electron chi connectivity index (χ1n) is 6.85. The molecule has 0 saturated carbocycles. The number of carbonyl (C=O) groups excluding carboxylic acids is 1. The minimum Gasteiger partial charge on any atom is -0.469 e. The average molecular weight is 266 g/mol. The average Bonchev–Trinajstić information content (AvgIpc) is 2.99. The Morgan fingerprint density at radius 2 is 1.95 bits per heavy atom. The molecule has 1 aliphatic carbocycles. The van der Waals surface area contributed by atoms with Gasteiger partial charge in [-0.1, -0.05) is 18.2 Å². The number of ketones is 1. The van der Waals surface area contributed by atoms with Crippen molar-refractivity contribution in [2.45, 2.75) is 25.2 Å². The highest BCUT2D eigenvalue weighted by Crippen LogP contribution is 2.40. The van der Waals surface area contributed by atoms with Gasteiger partial charge in [0.15, 0.2) is 5.78 Å². The van der Waals surface area contributed by atoms with E-state index in [1.807, 2.05) is 36.4 Å². The Kier molecular flexibility index (Phi) is 2.52. The Bertz CT molecular complexity index is 695. The highest BCUT2D eigenvalue weighted by molar-refractivity contribution is 5.98. The zero-order valence-electron chi connectivity index (χ0n) is 11.0. The van der Waals surface area contributed by atoms with Gasteiger partial charge >= 0.3 is 0 Å². The molecule has 2 heterocycles. The number of hydrogen-bond donors (Lipinski definition) is 0. The maximum Gasteiger partial charge on any atom is 0.163 e. The van der Waals surface area contributed by atoms with E-state index < -0.39 is 0 Å². The molecule has 1 aromatic heterocycles. The molecule has 3 nitrogen and oxygen atoms in total. The predicted octanol–water partition coefficient (Wildman–Crippen LogP) is 3.62. The number of para-hydroxylation sites is 1. The van der Waals surface area contributed by atoms with E-state index in [-0.39, 0.29) is 11.7 Å². The van der Waals surface area contributed by atoms with Crippen LogP contribution in [0.2, 0.25) is 0 Å². The molecule has 3 heteroatoms. The first-order chi connectivity index (χ1) is 9.81. The van der Waals surface area contributed by atoms with Crippen LogP contribution < -0.4 is 4.74 Å². The molecule has 1 aromatic carbocycles. The van der Waals surface area contributed by atoms with E-state index in [0.29, 0.717) is 12.8 Å². The number of rotatable bonds is 1. The highest BCUT2D eigenvalue weighted by Gasteiger charge is 2.34. The van der Waals surface area contributed by atoms with Crippen LogP contribution in [0, 0.1) is 0 Å². The van der Waals surface area contributed by atoms with Crippen LogP contribution in [-0.4, -0.2) is 5.78 Å². The van der Waals surface area contributed by atoms with E-state index in [1.165, 1.54) is 0 Å². The molecule has 4 rings (SSSR count). The molecule has 0 spiro atoms. The maximum atomic E-state index is 12.4. The standard InChI is InChI=1S/C17H14O3/c18-14-9-12(15-6-3-7-19-15)10-17-13(14)8-11-4-1-2-5-16(11)20-17/h1-7,12H,8-10H2. The van der Waals surface area contributed by atoms with Crippen LogP contribution in [0.1, 0.15) is 30.1 Å². The van der Waals surface area contributed by atoms with Gasteiger partial charge in [-0.15, -0.1) is 0 Å². The molecule has 0 radical (unpaired) electrons. The second-order valence-electron chi connectivity index (χ2n) is 5.33. The second-order valence-corrected chi connectivity index (χ2v) is 5.33. The van der Waals surface area contributed by atoms with Crippen LogP contribution in [0.25, 0.3) is 0 Å². The Morgan fingerprint density at radius 1 is 1.05 bits per heavy atom. The Labute approximate surface area is 116 Å². The van der Waals surface area contributed by atoms with Crippen LogP contribution in [-0.2, 0) is 11.2 Å². The third-order valence-electron chi connectivity index (χ3n) is 4.06. The van der Waals surface area contributed by atoms with Crippen molar-refractivity contribution in [1.82, 2.24) is 0 Å². The lowest BCUT2D eigenvalue weighted by atomic mass is 9.82. The molecule has 0 amide bonds. The van der Waals surface area contributed by atoms with Gasteiger partial charge in [-0.25, -0.2) is 0 Å². The molecule has 0 fully saturated rings. The fourth-order valence-corrected chi connectivity index (χ4v) is 3.02. The minimum atomic E-state index is 0.0986. The summed E-state index contributed by atoms with van der Waals surface area (Å²) >= 11 is 0. The Morgan fingerprint density at radius 3 is 2.80 bits per heavy atom. The number of benzene rings is 1. The maximum absolute atomic E-state index is 12.4. The van der Waals surface area contributed by atoms with E-state index in [0.717, 1.165) is 34.8 Å². The van der Waals surface area contributed by atoms with Crippen molar-refractivity contribution in [3.05, 3.63) is 65.3 Å². The van der Waals surface area contributed by atoms with Crippen molar-refractivity contribution in [3.8, 4) is 5.75 Å². The molecule has 0 N–H and O–H groups in total. The summed E-state index contributed by atoms with van der Waals surface area (Å²) in [7, 11) is 0. The summed E-state index contributed by atoms with van der Waals surface area (Å²) < 4.78 is 11.4. The fourth-order valence-electron chi connectivity index (χ4n) is 3.02. The van der Waals surface area contributed by atoms with Gasteiger partial charge in [0.1, 0.15) is 17.3 Å². The summed E-state index contributed by atoms with van der Waals surface area (Å²) in [5.41, 5.74) is 1.93. The zero-order chi connectivity index (χ0) is 13.5. The molecule has 1 atom stereocenters. The van der Waals surface area contributed by atoms with E-state index in [4.69, 9.17) is 9.15 Å². The molecule has 2 aromatic rings. The van der Waals surface area contributed by atoms with Crippen molar-refractivity contribution in [3.63, 3.8) is 0 Å². The number of ether oxygens (including phenoxy) is 1. The number of Topliss-reactive ketones (excluding diaryl/α,β-unsaturated/α-hetero) is 1. The van der Waals surface area contributed by atoms with Gasteiger partial charge in [0, 0.05) is 30.8 Å². The van der Waals surface area contributed by atoms with Crippen LogP contribution >= 0.6 is 0 Å². The zero-order valence-corrected chi connectivity index (χ0v) is 11.0. The molecule has 1 unspecified atom stereocenters. The van der Waals surface area contributed by atoms with E-state index in [2.05, 4.69) is 0 Å². The number of carbonyl (C=O) groups is 1. The van der Waals surface area contributed by atoms with Crippen LogP contribution in [0.3, 0.4) is 0 Å². The lowest BCUT2D eigenvalue weighted by Gasteiger charge is -2.29. The SMILES string of the molecule is O=C1CC(c2ccco2)CC2=C1Cc1ccccc1O2. The summed E-state index contributed by atoms with van der Waals surface area (Å²) in [6.07, 6.45) is 3.59. The van der Waals surface area contributed by atoms with Gasteiger partial charge in [-0.05, 0) is 23.8 Å². The topological polar surface area (TPSA) is 39.4 Å². The van der Waals surface area contributed by atoms with Crippen molar-refractivity contribution < 1.29 is 13.9 Å². The third kappa shape index (κ3) is 1.78. The summed E-state index contributed by atoms with van der Waals surface area (Å²) in [5, 5.41) is 0. The second kappa shape index (κ2) is 4.37. The largest absolute Gasteiger partial charge is 0.469 e. The first-order valence-corrected chi connectivity index (χ1v) is 6.85. The molecule has 20 heavy (non-hydrogen) atoms. The van der Waals surface area contributed by atoms with Crippen molar-refractivity contribution in [1.29, 1.82) is 0 Å². The summed E-state index contributed by atoms with van der Waals surface area (Å²) in [6.45, 7) is 0. The summed E-state index contributed by atoms with van der Waals surface area (Å²) in [6, 6.07) is 11.7. The van der Waals surface area contributed by atoms with E-state index in [9.17, 15) is 4.79 Å². The lowest BCUT2D eigenvalue weighted by molar-refractivity contribution is -0.116. The van der Waals surface area contributed by atoms with E-state index in [1.54, 1.807) is 6.26 Å². The van der Waals surface area contributed by atoms with Gasteiger partial charge < -0.3 is 9.15 Å². The smallest absolute Gasteiger partial charge is 0.163 e. The fraction of sp³-hybridized carbons (Fsp3) is 0.235. The third-order valence-corrected chi connectivity index (χ3v) is 4.06. The van der Waals surface area contributed by atoms with Crippen LogP contribution in [0.4, 0.5) is 0 Å². The van der Waals surface area contributed by atoms with Gasteiger partial charge in [0.2, 0.25) is 0 Å². The number of allylic oxidation sites excluding steroid dienone is 2. The number of furan rings is 1. The molecule has 100 valence electrons. The van der Waals surface area contributed by atoms with Gasteiger partial charge in [-0.3, -0.25) is 4.79 Å². The summed E-state index contributed by atoms with van der Waals surface area (Å²) in [4.78, 5) is 12.4. The van der Waals surface area contributed by atoms with Crippen molar-refractivity contribution in [2.75, 3.05) is 0 Å². The van der Waals surface area contributed by atoms with Gasteiger partial charge in [0.05, 0.1) is 6.26 Å². The quantitative estimate of drug-likeness (QED) is 0.791. The van der Waals surface area contributed by atoms with E-state index >= 15 is 0 Å². The molecular weight excluding hydrogens is 252 g/mol. The number of fused-ring (bicyclic) bond motifs is 1. The summed E-state index contributed by atoms with van der Waals surface area (Å²) in [5.74, 6) is 2.84. The lowest BCUT2D eigenvalue weighted by Crippen LogP contribution is -2.24. The minimum absolute atomic E-state index is 0.0986. The van der Waals surface area contributed by atoms with Gasteiger partial charge in [-0.2, -0.15) is 0 Å². The van der Waals surface area contributed by atoms with Crippen molar-refractivity contribution in [2.24, 2.45) is 0 Å². The molecule has 0 bridgehead atoms. The van der Waals surface area contributed by atoms with Crippen LogP contribution in [0.15, 0.2) is 58.4 Å². The Balaban J connectivity index is 1.68. The predicted molar refractivity (Wildman–Crippen MR) is 73.5 cm³/mol. The number of hydrogen-bond acceptors (Lipinski definition) is 3. The molecule has 0 saturated heterocycles. The monoisotopic (exact) mass is 266 g/mol. The highest BCUT2D eigenvalue weighted by atomic mass is 16.5. The van der Waals surface area contributed by atoms with Gasteiger partial charge in [0.25, 0.3) is 0 Å². The Hall–Kier alpha value is -2.29. The first kappa shape index (κ1) is 11.5. The van der Waals surface area contributed by atoms with Crippen LogP contribution in [0.5, 0.6) is 5.75 Å².